The molecular formula is C13H19IN2O2. The van der Waals surface area contributed by atoms with Gasteiger partial charge in [0.2, 0.25) is 0 Å². The normalized spacial score (nSPS) is 23.9. The average molecular weight is 362 g/mol. The molecule has 0 N–H and O–H groups in total. The first-order valence-electron chi connectivity index (χ1n) is 6.49. The SMILES string of the molecule is CCOC(=O)C1CCC(n2cc(I)c(C)n2)CC1. The zero-order valence-electron chi connectivity index (χ0n) is 10.9. The van der Waals surface area contributed by atoms with Crippen LogP contribution in [0.3, 0.4) is 0 Å². The zero-order valence-corrected chi connectivity index (χ0v) is 13.0. The number of carbonyl (C=O) groups excluding carboxylic acids is 1. The van der Waals surface area contributed by atoms with Crippen LogP contribution >= 0.6 is 22.6 Å². The Bertz CT molecular complexity index is 403. The molecule has 0 bridgehead atoms. The number of ether oxygens (including phenoxy) is 1. The van der Waals surface area contributed by atoms with Gasteiger partial charge in [0.25, 0.3) is 0 Å². The van der Waals surface area contributed by atoms with Gasteiger partial charge in [-0.2, -0.15) is 5.10 Å². The number of rotatable bonds is 3. The van der Waals surface area contributed by atoms with Crippen LogP contribution in [0.5, 0.6) is 0 Å². The summed E-state index contributed by atoms with van der Waals surface area (Å²) in [5, 5.41) is 4.53. The highest BCUT2D eigenvalue weighted by atomic mass is 127. The van der Waals surface area contributed by atoms with Gasteiger partial charge in [0.1, 0.15) is 0 Å². The van der Waals surface area contributed by atoms with Crippen LogP contribution < -0.4 is 0 Å². The van der Waals surface area contributed by atoms with E-state index in [-0.39, 0.29) is 11.9 Å². The van der Waals surface area contributed by atoms with E-state index in [1.54, 1.807) is 0 Å². The van der Waals surface area contributed by atoms with Gasteiger partial charge in [-0.3, -0.25) is 9.48 Å². The van der Waals surface area contributed by atoms with Crippen molar-refractivity contribution >= 4 is 28.6 Å². The minimum Gasteiger partial charge on any atom is -0.466 e. The summed E-state index contributed by atoms with van der Waals surface area (Å²) in [7, 11) is 0. The Hall–Kier alpha value is -0.590. The van der Waals surface area contributed by atoms with Crippen LogP contribution in [0, 0.1) is 16.4 Å². The summed E-state index contributed by atoms with van der Waals surface area (Å²) in [6.45, 7) is 4.37. The molecule has 4 nitrogen and oxygen atoms in total. The summed E-state index contributed by atoms with van der Waals surface area (Å²) in [6.07, 6.45) is 5.96. The van der Waals surface area contributed by atoms with Crippen molar-refractivity contribution in [3.05, 3.63) is 15.5 Å². The standard InChI is InChI=1S/C13H19IN2O2/c1-3-18-13(17)10-4-6-11(7-5-10)16-8-12(14)9(2)15-16/h8,10-11H,3-7H2,1-2H3. The Balaban J connectivity index is 1.92. The van der Waals surface area contributed by atoms with Gasteiger partial charge in [0.15, 0.2) is 0 Å². The lowest BCUT2D eigenvalue weighted by atomic mass is 9.86. The molecule has 0 aromatic carbocycles. The van der Waals surface area contributed by atoms with Crippen LogP contribution in [-0.4, -0.2) is 22.4 Å². The van der Waals surface area contributed by atoms with Gasteiger partial charge in [-0.05, 0) is 62.1 Å². The van der Waals surface area contributed by atoms with Gasteiger partial charge in [-0.1, -0.05) is 0 Å². The Labute approximate surface area is 121 Å². The Morgan fingerprint density at radius 1 is 1.50 bits per heavy atom. The number of halogens is 1. The van der Waals surface area contributed by atoms with Crippen molar-refractivity contribution in [2.24, 2.45) is 5.92 Å². The molecule has 1 aromatic rings. The van der Waals surface area contributed by atoms with E-state index in [4.69, 9.17) is 4.74 Å². The van der Waals surface area contributed by atoms with Crippen LogP contribution in [0.2, 0.25) is 0 Å². The topological polar surface area (TPSA) is 44.1 Å². The second-order valence-electron chi connectivity index (χ2n) is 4.80. The number of aromatic nitrogens is 2. The minimum absolute atomic E-state index is 0.0258. The largest absolute Gasteiger partial charge is 0.466 e. The molecule has 100 valence electrons. The second kappa shape index (κ2) is 6.04. The van der Waals surface area contributed by atoms with Gasteiger partial charge in [-0.15, -0.1) is 0 Å². The van der Waals surface area contributed by atoms with Crippen molar-refractivity contribution in [2.75, 3.05) is 6.61 Å². The highest BCUT2D eigenvalue weighted by Gasteiger charge is 2.28. The molecule has 1 saturated carbocycles. The molecule has 5 heteroatoms. The quantitative estimate of drug-likeness (QED) is 0.613. The van der Waals surface area contributed by atoms with Gasteiger partial charge < -0.3 is 4.74 Å². The summed E-state index contributed by atoms with van der Waals surface area (Å²) < 4.78 is 8.36. The fourth-order valence-corrected chi connectivity index (χ4v) is 2.88. The molecule has 2 rings (SSSR count). The molecule has 1 heterocycles. The highest BCUT2D eigenvalue weighted by Crippen LogP contribution is 2.33. The first-order chi connectivity index (χ1) is 8.61. The van der Waals surface area contributed by atoms with Crippen LogP contribution in [-0.2, 0) is 9.53 Å². The van der Waals surface area contributed by atoms with Crippen molar-refractivity contribution in [2.45, 2.75) is 45.6 Å². The van der Waals surface area contributed by atoms with Crippen molar-refractivity contribution in [3.63, 3.8) is 0 Å². The van der Waals surface area contributed by atoms with Crippen LogP contribution in [0.15, 0.2) is 6.20 Å². The van der Waals surface area contributed by atoms with Crippen molar-refractivity contribution in [1.29, 1.82) is 0 Å². The van der Waals surface area contributed by atoms with E-state index < -0.39 is 0 Å². The molecule has 0 saturated heterocycles. The molecule has 0 atom stereocenters. The molecule has 0 spiro atoms. The van der Waals surface area contributed by atoms with Gasteiger partial charge >= 0.3 is 5.97 Å². The predicted octanol–water partition coefficient (Wildman–Crippen LogP) is 3.09. The molecule has 0 amide bonds. The number of carbonyl (C=O) groups is 1. The smallest absolute Gasteiger partial charge is 0.308 e. The molecule has 18 heavy (non-hydrogen) atoms. The first-order valence-corrected chi connectivity index (χ1v) is 7.57. The van der Waals surface area contributed by atoms with Gasteiger partial charge in [0.05, 0.1) is 27.8 Å². The van der Waals surface area contributed by atoms with Crippen LogP contribution in [0.25, 0.3) is 0 Å². The van der Waals surface area contributed by atoms with Crippen molar-refractivity contribution < 1.29 is 9.53 Å². The summed E-state index contributed by atoms with van der Waals surface area (Å²) in [5.74, 6) is 0.0686. The third-order valence-electron chi connectivity index (χ3n) is 3.55. The Morgan fingerprint density at radius 2 is 2.17 bits per heavy atom. The molecular weight excluding hydrogens is 343 g/mol. The van der Waals surface area contributed by atoms with E-state index in [0.29, 0.717) is 12.6 Å². The van der Waals surface area contributed by atoms with E-state index in [1.165, 1.54) is 3.57 Å². The lowest BCUT2D eigenvalue weighted by Crippen LogP contribution is -2.25. The van der Waals surface area contributed by atoms with Crippen molar-refractivity contribution in [1.82, 2.24) is 9.78 Å². The molecule has 0 radical (unpaired) electrons. The maximum Gasteiger partial charge on any atom is 0.308 e. The van der Waals surface area contributed by atoms with E-state index in [2.05, 4.69) is 38.6 Å². The second-order valence-corrected chi connectivity index (χ2v) is 5.96. The molecule has 1 fully saturated rings. The van der Waals surface area contributed by atoms with E-state index in [0.717, 1.165) is 31.4 Å². The third kappa shape index (κ3) is 3.05. The fraction of sp³-hybridized carbons (Fsp3) is 0.692. The minimum atomic E-state index is -0.0258. The summed E-state index contributed by atoms with van der Waals surface area (Å²) in [6, 6.07) is 0.442. The first kappa shape index (κ1) is 13.8. The van der Waals surface area contributed by atoms with Crippen LogP contribution in [0.4, 0.5) is 0 Å². The van der Waals surface area contributed by atoms with Crippen LogP contribution in [0.1, 0.15) is 44.3 Å². The highest BCUT2D eigenvalue weighted by molar-refractivity contribution is 14.1. The van der Waals surface area contributed by atoms with Crippen molar-refractivity contribution in [3.8, 4) is 0 Å². The summed E-state index contributed by atoms with van der Waals surface area (Å²) >= 11 is 2.31. The number of hydrogen-bond donors (Lipinski definition) is 0. The molecule has 1 aliphatic rings. The average Bonchev–Trinajstić information content (AvgIpc) is 2.70. The third-order valence-corrected chi connectivity index (χ3v) is 4.61. The van der Waals surface area contributed by atoms with Gasteiger partial charge in [0, 0.05) is 6.20 Å². The van der Waals surface area contributed by atoms with E-state index in [1.807, 2.05) is 13.8 Å². The molecule has 1 aromatic heterocycles. The predicted molar refractivity (Wildman–Crippen MR) is 77.3 cm³/mol. The maximum atomic E-state index is 11.7. The summed E-state index contributed by atoms with van der Waals surface area (Å²) in [4.78, 5) is 11.7. The monoisotopic (exact) mass is 362 g/mol. The fourth-order valence-electron chi connectivity index (χ4n) is 2.48. The molecule has 0 aliphatic heterocycles. The van der Waals surface area contributed by atoms with E-state index in [9.17, 15) is 4.79 Å². The number of esters is 1. The number of aryl methyl sites for hydroxylation is 1. The lowest BCUT2D eigenvalue weighted by molar-refractivity contribution is -0.149. The zero-order chi connectivity index (χ0) is 13.1. The lowest BCUT2D eigenvalue weighted by Gasteiger charge is -2.27. The molecule has 1 aliphatic carbocycles. The summed E-state index contributed by atoms with van der Waals surface area (Å²) in [5.41, 5.74) is 1.09. The van der Waals surface area contributed by atoms with E-state index >= 15 is 0 Å². The van der Waals surface area contributed by atoms with Gasteiger partial charge in [-0.25, -0.2) is 0 Å². The Kier molecular flexibility index (Phi) is 4.64. The molecule has 0 unspecified atom stereocenters. The maximum absolute atomic E-state index is 11.7. The Morgan fingerprint density at radius 3 is 2.67 bits per heavy atom. The number of hydrogen-bond acceptors (Lipinski definition) is 3. The number of nitrogens with zero attached hydrogens (tertiary/aromatic N) is 2.